The van der Waals surface area contributed by atoms with Gasteiger partial charge in [-0.1, -0.05) is 30.3 Å². The Kier molecular flexibility index (Phi) is 8.52. The van der Waals surface area contributed by atoms with E-state index in [9.17, 15) is 22.0 Å². The minimum Gasteiger partial charge on any atom is -0.484 e. The molecule has 9 nitrogen and oxygen atoms in total. The van der Waals surface area contributed by atoms with Crippen LogP contribution in [0.3, 0.4) is 0 Å². The molecule has 0 amide bonds. The van der Waals surface area contributed by atoms with Gasteiger partial charge in [-0.05, 0) is 24.6 Å². The molecule has 1 saturated heterocycles. The van der Waals surface area contributed by atoms with Gasteiger partial charge in [-0.25, -0.2) is 17.2 Å². The predicted molar refractivity (Wildman–Crippen MR) is 135 cm³/mol. The lowest BCUT2D eigenvalue weighted by Gasteiger charge is -2.35. The van der Waals surface area contributed by atoms with E-state index in [1.807, 2.05) is 17.9 Å². The third kappa shape index (κ3) is 6.51. The molecule has 2 aromatic carbocycles. The van der Waals surface area contributed by atoms with E-state index in [1.54, 1.807) is 24.3 Å². The molecule has 0 unspecified atom stereocenters. The number of anilines is 1. The van der Waals surface area contributed by atoms with Gasteiger partial charge in [-0.2, -0.15) is 14.1 Å². The highest BCUT2D eigenvalue weighted by Gasteiger charge is 2.29. The summed E-state index contributed by atoms with van der Waals surface area (Å²) in [6.45, 7) is 3.64. The Balaban J connectivity index is 1.56. The smallest absolute Gasteiger partial charge is 0.316 e. The minimum absolute atomic E-state index is 0.0556. The van der Waals surface area contributed by atoms with Crippen LogP contribution in [0.2, 0.25) is 0 Å². The fourth-order valence-electron chi connectivity index (χ4n) is 4.07. The van der Waals surface area contributed by atoms with Crippen molar-refractivity contribution in [3.8, 4) is 11.4 Å². The molecule has 0 saturated carbocycles. The molecular weight excluding hydrogens is 506 g/mol. The molecule has 12 heteroatoms. The highest BCUT2D eigenvalue weighted by molar-refractivity contribution is 7.88. The summed E-state index contributed by atoms with van der Waals surface area (Å²) in [6.07, 6.45) is 1.38. The molecule has 0 bridgehead atoms. The van der Waals surface area contributed by atoms with E-state index in [2.05, 4.69) is 5.10 Å². The minimum atomic E-state index is -3.53. The monoisotopic (exact) mass is 534 g/mol. The number of hydrogen-bond acceptors (Lipinski definition) is 7. The number of sulfonamides is 1. The zero-order chi connectivity index (χ0) is 26.4. The molecule has 0 radical (unpaired) electrons. The first-order chi connectivity index (χ1) is 17.8. The molecule has 0 N–H and O–H groups in total. The quantitative estimate of drug-likeness (QED) is 0.369. The molecule has 3 aromatic rings. The highest BCUT2D eigenvalue weighted by atomic mass is 32.2. The Bertz CT molecular complexity index is 1360. The molecular formula is C25H28F2N4O5S. The first kappa shape index (κ1) is 26.7. The van der Waals surface area contributed by atoms with Crippen molar-refractivity contribution in [1.29, 1.82) is 0 Å². The Morgan fingerprint density at radius 2 is 1.65 bits per heavy atom. The third-order valence-electron chi connectivity index (χ3n) is 5.85. The fraction of sp³-hybridized carbons (Fsp3) is 0.360. The number of nitrogens with zero attached hydrogens (tertiary/aromatic N) is 4. The van der Waals surface area contributed by atoms with Gasteiger partial charge in [0.1, 0.15) is 23.9 Å². The van der Waals surface area contributed by atoms with Crippen molar-refractivity contribution in [1.82, 2.24) is 14.1 Å². The van der Waals surface area contributed by atoms with Crippen molar-refractivity contribution >= 4 is 15.7 Å². The predicted octanol–water partition coefficient (Wildman–Crippen LogP) is 2.58. The maximum Gasteiger partial charge on any atom is 0.316 e. The summed E-state index contributed by atoms with van der Waals surface area (Å²) < 4.78 is 66.7. The Morgan fingerprint density at radius 1 is 0.973 bits per heavy atom. The van der Waals surface area contributed by atoms with Gasteiger partial charge in [0, 0.05) is 38.9 Å². The second-order valence-electron chi connectivity index (χ2n) is 8.38. The second-order valence-corrected chi connectivity index (χ2v) is 10.3. The van der Waals surface area contributed by atoms with Gasteiger partial charge in [-0.15, -0.1) is 0 Å². The number of rotatable bonds is 10. The Labute approximate surface area is 213 Å². The van der Waals surface area contributed by atoms with Gasteiger partial charge in [0.2, 0.25) is 15.8 Å². The molecule has 4 rings (SSSR count). The largest absolute Gasteiger partial charge is 0.484 e. The summed E-state index contributed by atoms with van der Waals surface area (Å²) in [5.74, 6) is -1.85. The molecule has 37 heavy (non-hydrogen) atoms. The van der Waals surface area contributed by atoms with Crippen LogP contribution in [0, 0.1) is 11.6 Å². The maximum atomic E-state index is 13.8. The van der Waals surface area contributed by atoms with Gasteiger partial charge in [0.15, 0.2) is 0 Å². The molecule has 1 aliphatic rings. The lowest BCUT2D eigenvalue weighted by molar-refractivity contribution is 0.109. The average molecular weight is 535 g/mol. The van der Waals surface area contributed by atoms with E-state index in [1.165, 1.54) is 10.5 Å². The molecule has 1 aliphatic heterocycles. The van der Waals surface area contributed by atoms with Crippen molar-refractivity contribution in [3.05, 3.63) is 82.3 Å². The number of aromatic nitrogens is 2. The van der Waals surface area contributed by atoms with E-state index in [0.29, 0.717) is 37.0 Å². The summed E-state index contributed by atoms with van der Waals surface area (Å²) in [7, 11) is -3.53. The lowest BCUT2D eigenvalue weighted by atomic mass is 10.2. The first-order valence-corrected chi connectivity index (χ1v) is 13.5. The van der Waals surface area contributed by atoms with Crippen LogP contribution in [0.25, 0.3) is 5.69 Å². The van der Waals surface area contributed by atoms with E-state index in [4.69, 9.17) is 9.47 Å². The summed E-state index contributed by atoms with van der Waals surface area (Å²) in [6, 6.07) is 11.7. The van der Waals surface area contributed by atoms with Gasteiger partial charge in [-0.3, -0.25) is 4.79 Å². The molecule has 1 fully saturated rings. The van der Waals surface area contributed by atoms with Gasteiger partial charge < -0.3 is 14.4 Å². The summed E-state index contributed by atoms with van der Waals surface area (Å²) in [5, 5.41) is 4.12. The summed E-state index contributed by atoms with van der Waals surface area (Å²) in [5.41, 5.74) is 0.296. The van der Waals surface area contributed by atoms with Crippen molar-refractivity contribution in [2.24, 2.45) is 0 Å². The molecule has 198 valence electrons. The molecule has 0 atom stereocenters. The van der Waals surface area contributed by atoms with Gasteiger partial charge in [0.25, 0.3) is 0 Å². The number of halogens is 2. The SMILES string of the molecule is CCOCCOc1c(N2CCN(S(=O)(=O)Cc3ccccc3)CC2)cnn(-c2cc(F)cc(F)c2)c1=O. The zero-order valence-electron chi connectivity index (χ0n) is 20.3. The number of ether oxygens (including phenoxy) is 2. The number of hydrogen-bond donors (Lipinski definition) is 0. The third-order valence-corrected chi connectivity index (χ3v) is 7.70. The normalized spacial score (nSPS) is 14.6. The van der Waals surface area contributed by atoms with Crippen LogP contribution in [-0.2, 0) is 20.5 Å². The van der Waals surface area contributed by atoms with Crippen molar-refractivity contribution in [2.45, 2.75) is 12.7 Å². The Morgan fingerprint density at radius 3 is 2.30 bits per heavy atom. The molecule has 0 spiro atoms. The topological polar surface area (TPSA) is 94.0 Å². The van der Waals surface area contributed by atoms with Crippen molar-refractivity contribution in [2.75, 3.05) is 50.9 Å². The van der Waals surface area contributed by atoms with Gasteiger partial charge >= 0.3 is 5.56 Å². The molecule has 0 aliphatic carbocycles. The van der Waals surface area contributed by atoms with Crippen molar-refractivity contribution < 1.29 is 26.7 Å². The zero-order valence-corrected chi connectivity index (χ0v) is 21.2. The van der Waals surface area contributed by atoms with E-state index in [0.717, 1.165) is 16.8 Å². The highest BCUT2D eigenvalue weighted by Crippen LogP contribution is 2.26. The van der Waals surface area contributed by atoms with Crippen LogP contribution in [0.15, 0.2) is 59.5 Å². The summed E-state index contributed by atoms with van der Waals surface area (Å²) in [4.78, 5) is 15.1. The number of benzene rings is 2. The van der Waals surface area contributed by atoms with Crippen LogP contribution in [0.5, 0.6) is 5.75 Å². The standard InChI is InChI=1S/C25H28F2N4O5S/c1-2-35-12-13-36-24-23(17-28-31(25(24)32)22-15-20(26)14-21(27)16-22)29-8-10-30(11-9-29)37(33,34)18-19-6-4-3-5-7-19/h3-7,14-17H,2,8-13,18H2,1H3. The van der Waals surface area contributed by atoms with Crippen LogP contribution < -0.4 is 15.2 Å². The van der Waals surface area contributed by atoms with E-state index >= 15 is 0 Å². The van der Waals surface area contributed by atoms with Crippen molar-refractivity contribution in [3.63, 3.8) is 0 Å². The average Bonchev–Trinajstić information content (AvgIpc) is 2.87. The van der Waals surface area contributed by atoms with E-state index in [-0.39, 0.29) is 43.5 Å². The van der Waals surface area contributed by atoms with Gasteiger partial charge in [0.05, 0.1) is 24.2 Å². The lowest BCUT2D eigenvalue weighted by Crippen LogP contribution is -2.49. The van der Waals surface area contributed by atoms with Crippen LogP contribution in [-0.4, -0.2) is 68.5 Å². The molecule has 1 aromatic heterocycles. The van der Waals surface area contributed by atoms with Crippen LogP contribution in [0.4, 0.5) is 14.5 Å². The second kappa shape index (κ2) is 11.8. The van der Waals surface area contributed by atoms with E-state index < -0.39 is 27.2 Å². The summed E-state index contributed by atoms with van der Waals surface area (Å²) >= 11 is 0. The fourth-order valence-corrected chi connectivity index (χ4v) is 5.58. The maximum absolute atomic E-state index is 13.8. The van der Waals surface area contributed by atoms with Crippen LogP contribution >= 0.6 is 0 Å². The van der Waals surface area contributed by atoms with Crippen LogP contribution in [0.1, 0.15) is 12.5 Å². The number of piperazine rings is 1. The molecule has 2 heterocycles. The Hall–Kier alpha value is -3.35. The first-order valence-electron chi connectivity index (χ1n) is 11.8.